The van der Waals surface area contributed by atoms with Gasteiger partial charge in [0.05, 0.1) is 17.9 Å². The van der Waals surface area contributed by atoms with E-state index in [4.69, 9.17) is 4.99 Å². The van der Waals surface area contributed by atoms with E-state index in [-0.39, 0.29) is 6.54 Å². The lowest BCUT2D eigenvalue weighted by Crippen LogP contribution is -2.48. The second-order valence-corrected chi connectivity index (χ2v) is 7.60. The third-order valence-corrected chi connectivity index (χ3v) is 5.66. The van der Waals surface area contributed by atoms with Gasteiger partial charge in [-0.3, -0.25) is 14.5 Å². The van der Waals surface area contributed by atoms with Crippen molar-refractivity contribution in [3.63, 3.8) is 0 Å². The van der Waals surface area contributed by atoms with Crippen molar-refractivity contribution in [2.75, 3.05) is 16.3 Å². The first-order valence-electron chi connectivity index (χ1n) is 10.5. The number of aliphatic imine (C=N–C) groups is 1. The summed E-state index contributed by atoms with van der Waals surface area (Å²) in [6.07, 6.45) is 0.0696. The van der Waals surface area contributed by atoms with Gasteiger partial charge in [-0.15, -0.1) is 0 Å². The number of amides is 2. The molecule has 1 aliphatic heterocycles. The van der Waals surface area contributed by atoms with E-state index in [0.29, 0.717) is 35.5 Å². The number of nitrogens with one attached hydrogen (secondary N) is 1. The average molecular weight is 436 g/mol. The van der Waals surface area contributed by atoms with Crippen LogP contribution in [0.5, 0.6) is 0 Å². The smallest absolute Gasteiger partial charge is 0.273 e. The predicted molar refractivity (Wildman–Crippen MR) is 128 cm³/mol. The van der Waals surface area contributed by atoms with Crippen LogP contribution in [-0.4, -0.2) is 42.0 Å². The quantitative estimate of drug-likeness (QED) is 0.469. The molecule has 7 heteroatoms. The summed E-state index contributed by atoms with van der Waals surface area (Å²) < 4.78 is 0. The minimum atomic E-state index is -1.20. The van der Waals surface area contributed by atoms with E-state index in [1.807, 2.05) is 72.8 Å². The highest BCUT2D eigenvalue weighted by atomic mass is 16.2. The van der Waals surface area contributed by atoms with Crippen molar-refractivity contribution in [3.8, 4) is 0 Å². The van der Waals surface area contributed by atoms with Gasteiger partial charge in [0.2, 0.25) is 12.6 Å². The molecule has 2 heterocycles. The number of aromatic amines is 1. The summed E-state index contributed by atoms with van der Waals surface area (Å²) in [5.74, 6) is -0.0241. The van der Waals surface area contributed by atoms with Gasteiger partial charge in [-0.1, -0.05) is 66.7 Å². The summed E-state index contributed by atoms with van der Waals surface area (Å²) in [6.45, 7) is -0.149. The highest BCUT2D eigenvalue weighted by molar-refractivity contribution is 6.21. The average Bonchev–Trinajstić information content (AvgIpc) is 3.24. The fourth-order valence-electron chi connectivity index (χ4n) is 4.13. The van der Waals surface area contributed by atoms with Crippen LogP contribution in [0.15, 0.2) is 89.9 Å². The van der Waals surface area contributed by atoms with Gasteiger partial charge >= 0.3 is 0 Å². The number of carbonyl (C=O) groups is 3. The molecule has 1 aromatic heterocycles. The van der Waals surface area contributed by atoms with Crippen molar-refractivity contribution in [2.45, 2.75) is 6.17 Å². The number of benzodiazepines with no additional fused rings is 1. The van der Waals surface area contributed by atoms with Crippen LogP contribution >= 0.6 is 0 Å². The molecule has 0 bridgehead atoms. The van der Waals surface area contributed by atoms with Crippen molar-refractivity contribution in [1.29, 1.82) is 0 Å². The Hall–Kier alpha value is -4.52. The first-order chi connectivity index (χ1) is 16.2. The largest absolute Gasteiger partial charge is 0.341 e. The topological polar surface area (TPSA) is 85.8 Å². The summed E-state index contributed by atoms with van der Waals surface area (Å²) >= 11 is 0. The molecule has 0 saturated heterocycles. The van der Waals surface area contributed by atoms with Crippen LogP contribution in [0.4, 0.5) is 11.5 Å². The van der Waals surface area contributed by atoms with Gasteiger partial charge in [-0.05, 0) is 18.2 Å². The van der Waals surface area contributed by atoms with Crippen LogP contribution < -0.4 is 9.80 Å². The Balaban J connectivity index is 1.72. The van der Waals surface area contributed by atoms with Crippen molar-refractivity contribution < 1.29 is 14.4 Å². The number of benzene rings is 3. The second kappa shape index (κ2) is 8.55. The molecule has 0 fully saturated rings. The van der Waals surface area contributed by atoms with E-state index in [9.17, 15) is 14.4 Å². The van der Waals surface area contributed by atoms with Crippen LogP contribution in [0.1, 0.15) is 11.1 Å². The number of carbonyl (C=O) groups excluding carboxylic acids is 3. The molecule has 5 rings (SSSR count). The first kappa shape index (κ1) is 20.4. The summed E-state index contributed by atoms with van der Waals surface area (Å²) in [7, 11) is 0. The number of rotatable bonds is 6. The summed E-state index contributed by atoms with van der Waals surface area (Å²) in [5.41, 5.74) is 3.49. The number of H-pyrrole nitrogens is 1. The molecule has 1 unspecified atom stereocenters. The van der Waals surface area contributed by atoms with E-state index in [1.54, 1.807) is 12.1 Å². The standard InChI is InChI=1S/C26H20N4O3/c31-15-14-29-22-13-7-5-11-20(22)24(18-8-2-1-3-9-18)28-25(26(29)33)30(17-32)23-16-19-10-4-6-12-21(19)27-23/h1-13,15-17,25,27H,14H2. The Morgan fingerprint density at radius 2 is 1.67 bits per heavy atom. The maximum Gasteiger partial charge on any atom is 0.273 e. The molecule has 1 N–H and O–H groups in total. The van der Waals surface area contributed by atoms with Gasteiger partial charge in [0, 0.05) is 22.0 Å². The Bertz CT molecular complexity index is 1340. The fraction of sp³-hybridized carbons (Fsp3) is 0.0769. The first-order valence-corrected chi connectivity index (χ1v) is 10.5. The molecule has 0 spiro atoms. The molecular formula is C26H20N4O3. The lowest BCUT2D eigenvalue weighted by molar-refractivity contribution is -0.122. The van der Waals surface area contributed by atoms with Crippen LogP contribution in [0, 0.1) is 0 Å². The van der Waals surface area contributed by atoms with Crippen LogP contribution in [0.25, 0.3) is 10.9 Å². The normalized spacial score (nSPS) is 15.5. The number of aromatic nitrogens is 1. The minimum Gasteiger partial charge on any atom is -0.341 e. The van der Waals surface area contributed by atoms with Gasteiger partial charge in [-0.2, -0.15) is 0 Å². The monoisotopic (exact) mass is 436 g/mol. The molecule has 1 aliphatic rings. The van der Waals surface area contributed by atoms with Crippen molar-refractivity contribution in [1.82, 2.24) is 4.98 Å². The van der Waals surface area contributed by atoms with Crippen LogP contribution in [0.2, 0.25) is 0 Å². The number of aldehydes is 1. The van der Waals surface area contributed by atoms with Crippen molar-refractivity contribution in [2.24, 2.45) is 4.99 Å². The molecular weight excluding hydrogens is 416 g/mol. The number of para-hydroxylation sites is 2. The van der Waals surface area contributed by atoms with Gasteiger partial charge in [0.1, 0.15) is 12.1 Å². The second-order valence-electron chi connectivity index (χ2n) is 7.60. The number of hydrogen-bond donors (Lipinski definition) is 1. The summed E-state index contributed by atoms with van der Waals surface area (Å²) in [5, 5.41) is 0.903. The van der Waals surface area contributed by atoms with E-state index < -0.39 is 12.1 Å². The molecule has 0 saturated carbocycles. The highest BCUT2D eigenvalue weighted by Crippen LogP contribution is 2.31. The number of nitrogens with zero attached hydrogens (tertiary/aromatic N) is 3. The molecule has 7 nitrogen and oxygen atoms in total. The molecule has 0 radical (unpaired) electrons. The number of hydrogen-bond acceptors (Lipinski definition) is 4. The van der Waals surface area contributed by atoms with Crippen molar-refractivity contribution >= 4 is 46.7 Å². The zero-order valence-corrected chi connectivity index (χ0v) is 17.6. The summed E-state index contributed by atoms with van der Waals surface area (Å²) in [4.78, 5) is 48.2. The van der Waals surface area contributed by atoms with Gasteiger partial charge in [0.15, 0.2) is 0 Å². The van der Waals surface area contributed by atoms with Crippen molar-refractivity contribution in [3.05, 3.63) is 96.1 Å². The zero-order valence-electron chi connectivity index (χ0n) is 17.6. The SMILES string of the molecule is O=CCN1C(=O)C(N(C=O)c2cc3ccccc3[nH]2)N=C(c2ccccc2)c2ccccc21. The van der Waals surface area contributed by atoms with E-state index >= 15 is 0 Å². The Morgan fingerprint density at radius 1 is 0.939 bits per heavy atom. The third-order valence-electron chi connectivity index (χ3n) is 5.66. The van der Waals surface area contributed by atoms with E-state index in [2.05, 4.69) is 4.98 Å². The minimum absolute atomic E-state index is 0.149. The Labute approximate surface area is 190 Å². The van der Waals surface area contributed by atoms with Crippen LogP contribution in [0.3, 0.4) is 0 Å². The molecule has 0 aliphatic carbocycles. The predicted octanol–water partition coefficient (Wildman–Crippen LogP) is 3.54. The molecule has 33 heavy (non-hydrogen) atoms. The van der Waals surface area contributed by atoms with E-state index in [0.717, 1.165) is 16.5 Å². The molecule has 2 amide bonds. The number of anilines is 2. The fourth-order valence-corrected chi connectivity index (χ4v) is 4.13. The molecule has 1 atom stereocenters. The lowest BCUT2D eigenvalue weighted by Gasteiger charge is -2.27. The Morgan fingerprint density at radius 3 is 2.42 bits per heavy atom. The van der Waals surface area contributed by atoms with Crippen LogP contribution in [-0.2, 0) is 14.4 Å². The van der Waals surface area contributed by atoms with Gasteiger partial charge in [0.25, 0.3) is 5.91 Å². The Kier molecular flexibility index (Phi) is 5.28. The molecule has 162 valence electrons. The van der Waals surface area contributed by atoms with Gasteiger partial charge < -0.3 is 14.7 Å². The van der Waals surface area contributed by atoms with E-state index in [1.165, 1.54) is 9.80 Å². The zero-order chi connectivity index (χ0) is 22.8. The number of fused-ring (bicyclic) bond motifs is 2. The third kappa shape index (κ3) is 3.59. The lowest BCUT2D eigenvalue weighted by atomic mass is 10.0. The highest BCUT2D eigenvalue weighted by Gasteiger charge is 2.36. The molecule has 4 aromatic rings. The van der Waals surface area contributed by atoms with Gasteiger partial charge in [-0.25, -0.2) is 4.99 Å². The summed E-state index contributed by atoms with van der Waals surface area (Å²) in [6, 6.07) is 26.2. The maximum absolute atomic E-state index is 13.7. The maximum atomic E-state index is 13.7. The molecule has 3 aromatic carbocycles.